The summed E-state index contributed by atoms with van der Waals surface area (Å²) in [6, 6.07) is 7.08. The van der Waals surface area contributed by atoms with Crippen LogP contribution in [0.4, 0.5) is 0 Å². The maximum atomic E-state index is 11.1. The molecule has 0 aliphatic heterocycles. The Bertz CT molecular complexity index is 423. The number of methoxy groups -OCH3 is 1. The molecule has 0 bridgehead atoms. The maximum Gasteiger partial charge on any atom is 0.244 e. The van der Waals surface area contributed by atoms with Crippen LogP contribution in [0.2, 0.25) is 0 Å². The fourth-order valence-electron chi connectivity index (χ4n) is 1.11. The lowest BCUT2D eigenvalue weighted by molar-refractivity contribution is -0.303. The van der Waals surface area contributed by atoms with Crippen LogP contribution in [0.15, 0.2) is 30.3 Å². The molecule has 1 rings (SSSR count). The second kappa shape index (κ2) is 6.32. The fourth-order valence-corrected chi connectivity index (χ4v) is 1.11. The highest BCUT2D eigenvalue weighted by atomic mass is 16.5. The normalized spacial score (nSPS) is 10.2. The number of ether oxygens (including phenoxy) is 1. The van der Waals surface area contributed by atoms with E-state index < -0.39 is 18.4 Å². The molecule has 0 spiro atoms. The van der Waals surface area contributed by atoms with Gasteiger partial charge in [0.1, 0.15) is 5.75 Å². The van der Waals surface area contributed by atoms with E-state index in [1.807, 2.05) is 0 Å². The number of amides is 1. The van der Waals surface area contributed by atoms with Crippen LogP contribution < -0.4 is 15.2 Å². The molecule has 0 fully saturated rings. The highest BCUT2D eigenvalue weighted by Crippen LogP contribution is 2.11. The molecule has 0 aromatic heterocycles. The van der Waals surface area contributed by atoms with E-state index in [0.717, 1.165) is 11.3 Å². The quantitative estimate of drug-likeness (QED) is 0.701. The Balaban J connectivity index is 2.51. The van der Waals surface area contributed by atoms with Crippen LogP contribution in [0, 0.1) is 0 Å². The van der Waals surface area contributed by atoms with Gasteiger partial charge in [-0.2, -0.15) is 0 Å². The first-order valence-electron chi connectivity index (χ1n) is 4.91. The first-order chi connectivity index (χ1) is 8.11. The zero-order valence-corrected chi connectivity index (χ0v) is 9.30. The minimum atomic E-state index is -1.32. The first kappa shape index (κ1) is 12.8. The van der Waals surface area contributed by atoms with Crippen LogP contribution in [0.3, 0.4) is 0 Å². The third-order valence-corrected chi connectivity index (χ3v) is 1.95. The van der Waals surface area contributed by atoms with Crippen molar-refractivity contribution in [2.24, 2.45) is 0 Å². The summed E-state index contributed by atoms with van der Waals surface area (Å²) in [5, 5.41) is 12.2. The van der Waals surface area contributed by atoms with Crippen LogP contribution in [0.5, 0.6) is 5.75 Å². The molecule has 5 heteroatoms. The summed E-state index contributed by atoms with van der Waals surface area (Å²) < 4.78 is 4.98. The van der Waals surface area contributed by atoms with Crippen molar-refractivity contribution in [3.63, 3.8) is 0 Å². The van der Waals surface area contributed by atoms with Crippen molar-refractivity contribution < 1.29 is 19.4 Å². The van der Waals surface area contributed by atoms with Crippen molar-refractivity contribution >= 4 is 18.0 Å². The number of aliphatic carboxylic acids is 1. The Morgan fingerprint density at radius 1 is 1.35 bits per heavy atom. The monoisotopic (exact) mass is 234 g/mol. The van der Waals surface area contributed by atoms with Crippen molar-refractivity contribution in [2.75, 3.05) is 13.7 Å². The molecule has 0 saturated heterocycles. The summed E-state index contributed by atoms with van der Waals surface area (Å²) in [4.78, 5) is 21.2. The Hall–Kier alpha value is -2.30. The molecule has 0 unspecified atom stereocenters. The predicted molar refractivity (Wildman–Crippen MR) is 60.0 cm³/mol. The van der Waals surface area contributed by atoms with Gasteiger partial charge >= 0.3 is 0 Å². The summed E-state index contributed by atoms with van der Waals surface area (Å²) >= 11 is 0. The number of benzene rings is 1. The molecule has 0 aliphatic carbocycles. The largest absolute Gasteiger partial charge is 0.548 e. The van der Waals surface area contributed by atoms with E-state index in [1.54, 1.807) is 37.5 Å². The minimum absolute atomic E-state index is 0.481. The van der Waals surface area contributed by atoms with E-state index in [9.17, 15) is 14.7 Å². The van der Waals surface area contributed by atoms with Crippen molar-refractivity contribution in [2.45, 2.75) is 0 Å². The zero-order valence-electron chi connectivity index (χ0n) is 9.30. The van der Waals surface area contributed by atoms with E-state index in [0.29, 0.717) is 0 Å². The number of carbonyl (C=O) groups is 2. The lowest BCUT2D eigenvalue weighted by Crippen LogP contribution is -2.36. The molecule has 90 valence electrons. The van der Waals surface area contributed by atoms with Crippen molar-refractivity contribution in [3.05, 3.63) is 35.9 Å². The molecule has 1 aromatic carbocycles. The molecule has 0 atom stereocenters. The Morgan fingerprint density at radius 2 is 2.00 bits per heavy atom. The molecule has 0 saturated carbocycles. The number of carbonyl (C=O) groups excluding carboxylic acids is 2. The average molecular weight is 234 g/mol. The predicted octanol–water partition coefficient (Wildman–Crippen LogP) is -0.425. The SMILES string of the molecule is COc1ccc(C=CC(=O)NCC(=O)[O-])cc1. The molecule has 0 heterocycles. The van der Waals surface area contributed by atoms with Crippen LogP contribution in [0.25, 0.3) is 6.08 Å². The van der Waals surface area contributed by atoms with E-state index in [4.69, 9.17) is 4.74 Å². The van der Waals surface area contributed by atoms with E-state index in [1.165, 1.54) is 6.08 Å². The molecule has 0 aliphatic rings. The minimum Gasteiger partial charge on any atom is -0.548 e. The van der Waals surface area contributed by atoms with Gasteiger partial charge < -0.3 is 20.0 Å². The molecule has 17 heavy (non-hydrogen) atoms. The van der Waals surface area contributed by atoms with Crippen LogP contribution in [-0.2, 0) is 9.59 Å². The third kappa shape index (κ3) is 4.83. The highest BCUT2D eigenvalue weighted by molar-refractivity contribution is 5.93. The Kier molecular flexibility index (Phi) is 4.75. The fraction of sp³-hybridized carbons (Fsp3) is 0.167. The van der Waals surface area contributed by atoms with E-state index in [-0.39, 0.29) is 0 Å². The molecule has 1 amide bonds. The maximum absolute atomic E-state index is 11.1. The van der Waals surface area contributed by atoms with Crippen LogP contribution in [0.1, 0.15) is 5.56 Å². The van der Waals surface area contributed by atoms with Gasteiger partial charge in [-0.05, 0) is 23.8 Å². The molecule has 1 N–H and O–H groups in total. The smallest absolute Gasteiger partial charge is 0.244 e. The number of nitrogens with one attached hydrogen (secondary N) is 1. The number of hydrogen-bond acceptors (Lipinski definition) is 4. The number of rotatable bonds is 5. The second-order valence-corrected chi connectivity index (χ2v) is 3.20. The molecule has 1 aromatic rings. The van der Waals surface area contributed by atoms with Crippen molar-refractivity contribution in [1.29, 1.82) is 0 Å². The lowest BCUT2D eigenvalue weighted by atomic mass is 10.2. The third-order valence-electron chi connectivity index (χ3n) is 1.95. The second-order valence-electron chi connectivity index (χ2n) is 3.20. The van der Waals surface area contributed by atoms with Crippen LogP contribution >= 0.6 is 0 Å². The van der Waals surface area contributed by atoms with E-state index >= 15 is 0 Å². The lowest BCUT2D eigenvalue weighted by Gasteiger charge is -2.02. The highest BCUT2D eigenvalue weighted by Gasteiger charge is 1.95. The van der Waals surface area contributed by atoms with Gasteiger partial charge in [-0.1, -0.05) is 12.1 Å². The number of hydrogen-bond donors (Lipinski definition) is 1. The van der Waals surface area contributed by atoms with Gasteiger partial charge in [0, 0.05) is 6.08 Å². The first-order valence-corrected chi connectivity index (χ1v) is 4.91. The van der Waals surface area contributed by atoms with Gasteiger partial charge in [0.15, 0.2) is 0 Å². The summed E-state index contributed by atoms with van der Waals surface area (Å²) in [6.45, 7) is -0.494. The van der Waals surface area contributed by atoms with Gasteiger partial charge in [0.2, 0.25) is 5.91 Å². The van der Waals surface area contributed by atoms with E-state index in [2.05, 4.69) is 5.32 Å². The molecular formula is C12H12NO4-. The van der Waals surface area contributed by atoms with Gasteiger partial charge in [0.25, 0.3) is 0 Å². The Labute approximate surface area is 98.7 Å². The summed E-state index contributed by atoms with van der Waals surface area (Å²) in [5.74, 6) is -1.08. The summed E-state index contributed by atoms with van der Waals surface area (Å²) in [5.41, 5.74) is 0.814. The summed E-state index contributed by atoms with van der Waals surface area (Å²) in [6.07, 6.45) is 2.83. The Morgan fingerprint density at radius 3 is 2.53 bits per heavy atom. The van der Waals surface area contributed by atoms with Gasteiger partial charge in [-0.15, -0.1) is 0 Å². The standard InChI is InChI=1S/C12H13NO4/c1-17-10-5-2-9(3-6-10)4-7-11(14)13-8-12(15)16/h2-7H,8H2,1H3,(H,13,14)(H,15,16)/p-1. The van der Waals surface area contributed by atoms with Crippen molar-refractivity contribution in [3.8, 4) is 5.75 Å². The average Bonchev–Trinajstić information content (AvgIpc) is 2.34. The topological polar surface area (TPSA) is 78.5 Å². The van der Waals surface area contributed by atoms with Gasteiger partial charge in [-0.25, -0.2) is 0 Å². The number of carboxylic acid groups (broad SMARTS) is 1. The molecular weight excluding hydrogens is 222 g/mol. The molecule has 0 radical (unpaired) electrons. The van der Waals surface area contributed by atoms with Gasteiger partial charge in [-0.3, -0.25) is 4.79 Å². The summed E-state index contributed by atoms with van der Waals surface area (Å²) in [7, 11) is 1.57. The van der Waals surface area contributed by atoms with Crippen molar-refractivity contribution in [1.82, 2.24) is 5.32 Å². The van der Waals surface area contributed by atoms with Crippen LogP contribution in [-0.4, -0.2) is 25.5 Å². The zero-order chi connectivity index (χ0) is 12.7. The molecule has 5 nitrogen and oxygen atoms in total. The number of carboxylic acids is 1. The van der Waals surface area contributed by atoms with Gasteiger partial charge in [0.05, 0.1) is 19.6 Å².